The normalized spacial score (nSPS) is 19.3. The molecule has 0 aliphatic carbocycles. The summed E-state index contributed by atoms with van der Waals surface area (Å²) in [6.45, 7) is 4.62. The van der Waals surface area contributed by atoms with Crippen molar-refractivity contribution in [1.82, 2.24) is 9.88 Å². The van der Waals surface area contributed by atoms with Gasteiger partial charge >= 0.3 is 6.09 Å². The number of rotatable bonds is 3. The van der Waals surface area contributed by atoms with Gasteiger partial charge in [0.25, 0.3) is 0 Å². The highest BCUT2D eigenvalue weighted by Gasteiger charge is 2.44. The summed E-state index contributed by atoms with van der Waals surface area (Å²) in [5.41, 5.74) is 2.93. The van der Waals surface area contributed by atoms with E-state index in [1.165, 1.54) is 4.57 Å². The number of para-hydroxylation sites is 1. The van der Waals surface area contributed by atoms with Gasteiger partial charge in [-0.15, -0.1) is 0 Å². The lowest BCUT2D eigenvalue weighted by atomic mass is 9.87. The van der Waals surface area contributed by atoms with Crippen molar-refractivity contribution in [2.45, 2.75) is 12.1 Å². The zero-order valence-corrected chi connectivity index (χ0v) is 14.5. The first kappa shape index (κ1) is 16.6. The smallest absolute Gasteiger partial charge is 0.416 e. The van der Waals surface area contributed by atoms with Crippen LogP contribution in [0.3, 0.4) is 0 Å². The van der Waals surface area contributed by atoms with Crippen molar-refractivity contribution in [2.75, 3.05) is 13.7 Å². The van der Waals surface area contributed by atoms with E-state index in [1.807, 2.05) is 36.4 Å². The molecule has 5 nitrogen and oxygen atoms in total. The molecule has 0 saturated carbocycles. The van der Waals surface area contributed by atoms with Gasteiger partial charge in [0, 0.05) is 30.2 Å². The molecule has 0 bridgehead atoms. The number of nitrogens with zero attached hydrogens (tertiary/aromatic N) is 1. The summed E-state index contributed by atoms with van der Waals surface area (Å²) in [6.07, 6.45) is 1.51. The number of hydrogen-bond acceptors (Lipinski definition) is 3. The van der Waals surface area contributed by atoms with Crippen LogP contribution >= 0.6 is 0 Å². The van der Waals surface area contributed by atoms with Crippen molar-refractivity contribution in [3.8, 4) is 0 Å². The fraction of sp³-hybridized carbons (Fsp3) is 0.190. The minimum absolute atomic E-state index is 0.538. The zero-order valence-electron chi connectivity index (χ0n) is 14.5. The van der Waals surface area contributed by atoms with Crippen LogP contribution in [0.15, 0.2) is 55.1 Å². The average Bonchev–Trinajstić information content (AvgIpc) is 3.02. The van der Waals surface area contributed by atoms with E-state index < -0.39 is 11.8 Å². The molecule has 1 aromatic heterocycles. The van der Waals surface area contributed by atoms with Crippen molar-refractivity contribution in [2.24, 2.45) is 0 Å². The first-order valence-corrected chi connectivity index (χ1v) is 8.52. The molecule has 0 amide bonds. The third kappa shape index (κ3) is 2.14. The van der Waals surface area contributed by atoms with Crippen molar-refractivity contribution in [3.05, 3.63) is 77.5 Å². The molecule has 0 spiro atoms. The molecule has 132 valence electrons. The molecule has 0 fully saturated rings. The molecule has 3 aromatic rings. The predicted molar refractivity (Wildman–Crippen MR) is 101 cm³/mol. The van der Waals surface area contributed by atoms with Gasteiger partial charge in [0.2, 0.25) is 0 Å². The summed E-state index contributed by atoms with van der Waals surface area (Å²) in [5, 5.41) is 14.3. The number of methoxy groups -OCH3 is 1. The molecular weight excluding hydrogens is 328 g/mol. The Balaban J connectivity index is 2.16. The maximum Gasteiger partial charge on any atom is 0.416 e. The standard InChI is InChI=1S/C21H20N2O3/c1-3-15-16-9-5-7-11-18(16)23(20(24)25)19(15)21(26-2)17-10-6-4-8-14(17)12-13-22-21/h3-11,22H,1,12-13H2,2H3,(H,24,25). The number of carboxylic acid groups (broad SMARTS) is 1. The number of fused-ring (bicyclic) bond motifs is 2. The summed E-state index contributed by atoms with van der Waals surface area (Å²) in [4.78, 5) is 12.2. The second kappa shape index (κ2) is 6.12. The van der Waals surface area contributed by atoms with Crippen LogP contribution in [0.2, 0.25) is 0 Å². The van der Waals surface area contributed by atoms with Gasteiger partial charge < -0.3 is 9.84 Å². The van der Waals surface area contributed by atoms with E-state index in [1.54, 1.807) is 19.3 Å². The third-order valence-electron chi connectivity index (χ3n) is 5.11. The first-order valence-electron chi connectivity index (χ1n) is 8.52. The summed E-state index contributed by atoms with van der Waals surface area (Å²) >= 11 is 0. The molecule has 4 rings (SSSR count). The van der Waals surface area contributed by atoms with Crippen molar-refractivity contribution in [1.29, 1.82) is 0 Å². The summed E-state index contributed by atoms with van der Waals surface area (Å²) in [6, 6.07) is 15.4. The summed E-state index contributed by atoms with van der Waals surface area (Å²) < 4.78 is 7.32. The van der Waals surface area contributed by atoms with Crippen molar-refractivity contribution in [3.63, 3.8) is 0 Å². The van der Waals surface area contributed by atoms with E-state index in [-0.39, 0.29) is 0 Å². The maximum atomic E-state index is 12.2. The highest BCUT2D eigenvalue weighted by molar-refractivity contribution is 5.97. The third-order valence-corrected chi connectivity index (χ3v) is 5.11. The number of carbonyl (C=O) groups is 1. The van der Waals surface area contributed by atoms with Crippen LogP contribution in [-0.2, 0) is 16.9 Å². The predicted octanol–water partition coefficient (Wildman–Crippen LogP) is 3.80. The Hall–Kier alpha value is -2.89. The van der Waals surface area contributed by atoms with Crippen LogP contribution in [-0.4, -0.2) is 29.4 Å². The van der Waals surface area contributed by atoms with Crippen LogP contribution in [0.1, 0.15) is 22.4 Å². The zero-order chi connectivity index (χ0) is 18.3. The van der Waals surface area contributed by atoms with Crippen molar-refractivity contribution < 1.29 is 14.6 Å². The Bertz CT molecular complexity index is 1020. The van der Waals surface area contributed by atoms with E-state index in [2.05, 4.69) is 18.0 Å². The monoisotopic (exact) mass is 348 g/mol. The van der Waals surface area contributed by atoms with E-state index in [9.17, 15) is 9.90 Å². The van der Waals surface area contributed by atoms with Crippen LogP contribution in [0.25, 0.3) is 17.0 Å². The summed E-state index contributed by atoms with van der Waals surface area (Å²) in [7, 11) is 1.60. The second-order valence-corrected chi connectivity index (χ2v) is 6.32. The first-order chi connectivity index (χ1) is 12.6. The fourth-order valence-corrected chi connectivity index (χ4v) is 4.06. The van der Waals surface area contributed by atoms with E-state index in [4.69, 9.17) is 4.74 Å². The van der Waals surface area contributed by atoms with Crippen LogP contribution in [0.4, 0.5) is 4.79 Å². The molecule has 2 heterocycles. The molecule has 1 atom stereocenters. The molecule has 0 saturated heterocycles. The van der Waals surface area contributed by atoms with Gasteiger partial charge in [-0.3, -0.25) is 5.32 Å². The fourth-order valence-electron chi connectivity index (χ4n) is 4.06. The molecule has 1 aliphatic rings. The SMILES string of the molecule is C=Cc1c(C2(OC)NCCc3ccccc32)n(C(=O)O)c2ccccc12. The number of benzene rings is 2. The minimum atomic E-state index is -1.06. The molecule has 2 aromatic carbocycles. The number of ether oxygens (including phenoxy) is 1. The lowest BCUT2D eigenvalue weighted by molar-refractivity contribution is -0.0188. The number of hydrogen-bond donors (Lipinski definition) is 2. The summed E-state index contributed by atoms with van der Waals surface area (Å²) in [5.74, 6) is 0. The maximum absolute atomic E-state index is 12.2. The minimum Gasteiger partial charge on any atom is -0.464 e. The van der Waals surface area contributed by atoms with Crippen molar-refractivity contribution >= 4 is 23.1 Å². The molecule has 1 unspecified atom stereocenters. The van der Waals surface area contributed by atoms with Gasteiger partial charge in [0.1, 0.15) is 0 Å². The van der Waals surface area contributed by atoms with Gasteiger partial charge in [-0.05, 0) is 18.1 Å². The quantitative estimate of drug-likeness (QED) is 0.756. The topological polar surface area (TPSA) is 63.5 Å². The molecule has 2 N–H and O–H groups in total. The van der Waals surface area contributed by atoms with E-state index in [0.717, 1.165) is 28.5 Å². The van der Waals surface area contributed by atoms with Crippen LogP contribution in [0.5, 0.6) is 0 Å². The number of nitrogens with one attached hydrogen (secondary N) is 1. The molecular formula is C21H20N2O3. The largest absolute Gasteiger partial charge is 0.464 e. The molecule has 26 heavy (non-hydrogen) atoms. The Labute approximate surface area is 151 Å². The van der Waals surface area contributed by atoms with Crippen LogP contribution < -0.4 is 5.32 Å². The Morgan fingerprint density at radius 2 is 2.00 bits per heavy atom. The second-order valence-electron chi connectivity index (χ2n) is 6.32. The lowest BCUT2D eigenvalue weighted by Gasteiger charge is -2.39. The lowest BCUT2D eigenvalue weighted by Crippen LogP contribution is -2.51. The van der Waals surface area contributed by atoms with Gasteiger partial charge in [-0.2, -0.15) is 0 Å². The van der Waals surface area contributed by atoms with Crippen LogP contribution in [0, 0.1) is 0 Å². The van der Waals surface area contributed by atoms with Gasteiger partial charge in [-0.1, -0.05) is 55.1 Å². The Kier molecular flexibility index (Phi) is 3.90. The number of aromatic nitrogens is 1. The highest BCUT2D eigenvalue weighted by atomic mass is 16.5. The molecule has 0 radical (unpaired) electrons. The molecule has 1 aliphatic heterocycles. The van der Waals surface area contributed by atoms with Gasteiger partial charge in [0.15, 0.2) is 5.72 Å². The average molecular weight is 348 g/mol. The Morgan fingerprint density at radius 1 is 1.27 bits per heavy atom. The Morgan fingerprint density at radius 3 is 2.73 bits per heavy atom. The van der Waals surface area contributed by atoms with Gasteiger partial charge in [-0.25, -0.2) is 9.36 Å². The van der Waals surface area contributed by atoms with E-state index in [0.29, 0.717) is 17.8 Å². The van der Waals surface area contributed by atoms with Gasteiger partial charge in [0.05, 0.1) is 11.2 Å². The highest BCUT2D eigenvalue weighted by Crippen LogP contribution is 2.41. The molecule has 5 heteroatoms. The van der Waals surface area contributed by atoms with E-state index >= 15 is 0 Å².